The van der Waals surface area contributed by atoms with Gasteiger partial charge in [-0.05, 0) is 43.3 Å². The second-order valence-corrected chi connectivity index (χ2v) is 7.70. The Labute approximate surface area is 188 Å². The van der Waals surface area contributed by atoms with Gasteiger partial charge in [0.05, 0.1) is 38.1 Å². The SMILES string of the molecule is CCOc1ccccc1[C@H]1Oc2ccccc2[C@H]2CC(c3ccc(OC)c(OC)c3)=NN21. The fraction of sp³-hybridized carbons (Fsp3) is 0.269. The molecule has 2 aliphatic heterocycles. The molecule has 2 heterocycles. The molecule has 0 unspecified atom stereocenters. The van der Waals surface area contributed by atoms with E-state index in [1.54, 1.807) is 14.2 Å². The summed E-state index contributed by atoms with van der Waals surface area (Å²) in [6.07, 6.45) is 0.388. The first-order valence-electron chi connectivity index (χ1n) is 10.8. The predicted molar refractivity (Wildman–Crippen MR) is 123 cm³/mol. The lowest BCUT2D eigenvalue weighted by Crippen LogP contribution is -2.34. The van der Waals surface area contributed by atoms with Crippen molar-refractivity contribution in [3.8, 4) is 23.0 Å². The predicted octanol–water partition coefficient (Wildman–Crippen LogP) is 5.34. The molecule has 2 atom stereocenters. The van der Waals surface area contributed by atoms with Gasteiger partial charge in [0.1, 0.15) is 11.5 Å². The third kappa shape index (κ3) is 3.42. The van der Waals surface area contributed by atoms with Gasteiger partial charge in [0.25, 0.3) is 0 Å². The van der Waals surface area contributed by atoms with Crippen molar-refractivity contribution in [3.63, 3.8) is 0 Å². The minimum atomic E-state index is -0.379. The lowest BCUT2D eigenvalue weighted by molar-refractivity contribution is -0.0205. The number of ether oxygens (including phenoxy) is 4. The van der Waals surface area contributed by atoms with Crippen molar-refractivity contribution in [2.45, 2.75) is 25.6 Å². The lowest BCUT2D eigenvalue weighted by Gasteiger charge is -2.38. The van der Waals surface area contributed by atoms with Crippen molar-refractivity contribution >= 4 is 5.71 Å². The number of hydrogen-bond donors (Lipinski definition) is 0. The fourth-order valence-electron chi connectivity index (χ4n) is 4.40. The fourth-order valence-corrected chi connectivity index (χ4v) is 4.40. The Balaban J connectivity index is 1.58. The zero-order valence-corrected chi connectivity index (χ0v) is 18.4. The number of para-hydroxylation sites is 2. The van der Waals surface area contributed by atoms with Gasteiger partial charge in [-0.3, -0.25) is 0 Å². The standard InChI is InChI=1S/C26H26N2O4/c1-4-31-22-11-7-6-10-19(22)26-28-21(18-9-5-8-12-23(18)32-26)16-20(27-28)17-13-14-24(29-2)25(15-17)30-3/h5-15,21,26H,4,16H2,1-3H3/t21-,26-/m1/s1. The molecule has 5 rings (SSSR count). The number of fused-ring (bicyclic) bond motifs is 3. The van der Waals surface area contributed by atoms with Gasteiger partial charge in [-0.25, -0.2) is 5.01 Å². The molecule has 0 aliphatic carbocycles. The Morgan fingerprint density at radius 3 is 2.44 bits per heavy atom. The molecule has 0 saturated carbocycles. The third-order valence-corrected chi connectivity index (χ3v) is 5.90. The molecule has 3 aromatic carbocycles. The van der Waals surface area contributed by atoms with Crippen molar-refractivity contribution in [1.29, 1.82) is 0 Å². The first-order valence-corrected chi connectivity index (χ1v) is 10.8. The number of nitrogens with zero attached hydrogens (tertiary/aromatic N) is 2. The summed E-state index contributed by atoms with van der Waals surface area (Å²) in [5.41, 5.74) is 4.09. The molecule has 6 nitrogen and oxygen atoms in total. The Hall–Kier alpha value is -3.67. The summed E-state index contributed by atoms with van der Waals surface area (Å²) < 4.78 is 23.3. The summed E-state index contributed by atoms with van der Waals surface area (Å²) in [5.74, 6) is 3.08. The zero-order chi connectivity index (χ0) is 22.1. The summed E-state index contributed by atoms with van der Waals surface area (Å²) in [5, 5.41) is 7.10. The average molecular weight is 431 g/mol. The minimum Gasteiger partial charge on any atom is -0.493 e. The molecule has 0 fully saturated rings. The molecular weight excluding hydrogens is 404 g/mol. The van der Waals surface area contributed by atoms with Crippen LogP contribution in [0.25, 0.3) is 0 Å². The molecule has 0 amide bonds. The van der Waals surface area contributed by atoms with Gasteiger partial charge in [0, 0.05) is 17.5 Å². The van der Waals surface area contributed by atoms with Gasteiger partial charge in [0.15, 0.2) is 11.5 Å². The molecule has 0 saturated heterocycles. The molecule has 0 radical (unpaired) electrons. The van der Waals surface area contributed by atoms with Crippen LogP contribution >= 0.6 is 0 Å². The van der Waals surface area contributed by atoms with E-state index in [2.05, 4.69) is 11.1 Å². The summed E-state index contributed by atoms with van der Waals surface area (Å²) >= 11 is 0. The Bertz CT molecular complexity index is 1160. The smallest absolute Gasteiger partial charge is 0.217 e. The minimum absolute atomic E-state index is 0.0720. The van der Waals surface area contributed by atoms with Crippen LogP contribution in [0, 0.1) is 0 Å². The van der Waals surface area contributed by atoms with Gasteiger partial charge in [-0.2, -0.15) is 5.10 Å². The molecule has 0 spiro atoms. The summed E-state index contributed by atoms with van der Waals surface area (Å²) in [4.78, 5) is 0. The Morgan fingerprint density at radius 1 is 0.906 bits per heavy atom. The van der Waals surface area contributed by atoms with Crippen molar-refractivity contribution in [3.05, 3.63) is 83.4 Å². The molecule has 0 N–H and O–H groups in total. The number of hydrogen-bond acceptors (Lipinski definition) is 6. The lowest BCUT2D eigenvalue weighted by atomic mass is 9.95. The van der Waals surface area contributed by atoms with Gasteiger partial charge in [0.2, 0.25) is 6.23 Å². The van der Waals surface area contributed by atoms with Crippen LogP contribution in [-0.2, 0) is 0 Å². The largest absolute Gasteiger partial charge is 0.493 e. The van der Waals surface area contributed by atoms with E-state index < -0.39 is 0 Å². The Morgan fingerprint density at radius 2 is 1.66 bits per heavy atom. The quantitative estimate of drug-likeness (QED) is 0.528. The van der Waals surface area contributed by atoms with Crippen molar-refractivity contribution in [2.75, 3.05) is 20.8 Å². The first-order chi connectivity index (χ1) is 15.7. The van der Waals surface area contributed by atoms with Gasteiger partial charge in [-0.1, -0.05) is 30.3 Å². The molecule has 164 valence electrons. The first kappa shape index (κ1) is 20.2. The van der Waals surface area contributed by atoms with Crippen molar-refractivity contribution < 1.29 is 18.9 Å². The monoisotopic (exact) mass is 430 g/mol. The van der Waals surface area contributed by atoms with E-state index in [0.29, 0.717) is 18.1 Å². The van der Waals surface area contributed by atoms with E-state index in [1.165, 1.54) is 0 Å². The highest BCUT2D eigenvalue weighted by atomic mass is 16.5. The number of hydrazone groups is 1. The molecule has 32 heavy (non-hydrogen) atoms. The van der Waals surface area contributed by atoms with Crippen LogP contribution in [0.4, 0.5) is 0 Å². The maximum Gasteiger partial charge on any atom is 0.217 e. The molecular formula is C26H26N2O4. The van der Waals surface area contributed by atoms with Crippen molar-refractivity contribution in [2.24, 2.45) is 5.10 Å². The van der Waals surface area contributed by atoms with Gasteiger partial charge >= 0.3 is 0 Å². The van der Waals surface area contributed by atoms with E-state index in [9.17, 15) is 0 Å². The van der Waals surface area contributed by atoms with E-state index >= 15 is 0 Å². The average Bonchev–Trinajstić information content (AvgIpc) is 3.29. The van der Waals surface area contributed by atoms with Crippen LogP contribution in [0.2, 0.25) is 0 Å². The third-order valence-electron chi connectivity index (χ3n) is 5.90. The van der Waals surface area contributed by atoms with Crippen LogP contribution in [-0.4, -0.2) is 31.5 Å². The molecule has 2 aliphatic rings. The zero-order valence-electron chi connectivity index (χ0n) is 18.4. The summed E-state index contributed by atoms with van der Waals surface area (Å²) in [6.45, 7) is 2.57. The molecule has 0 aromatic heterocycles. The second-order valence-electron chi connectivity index (χ2n) is 7.70. The van der Waals surface area contributed by atoms with Crippen LogP contribution in [0.5, 0.6) is 23.0 Å². The highest BCUT2D eigenvalue weighted by molar-refractivity contribution is 6.02. The van der Waals surface area contributed by atoms with E-state index in [1.807, 2.05) is 67.6 Å². The summed E-state index contributed by atoms with van der Waals surface area (Å²) in [7, 11) is 3.28. The highest BCUT2D eigenvalue weighted by Crippen LogP contribution is 2.49. The number of benzene rings is 3. The van der Waals surface area contributed by atoms with Gasteiger partial charge < -0.3 is 18.9 Å². The maximum absolute atomic E-state index is 6.48. The van der Waals surface area contributed by atoms with Crippen molar-refractivity contribution in [1.82, 2.24) is 5.01 Å². The van der Waals surface area contributed by atoms with E-state index in [0.717, 1.165) is 40.3 Å². The molecule has 0 bridgehead atoms. The Kier molecular flexibility index (Phi) is 5.35. The van der Waals surface area contributed by atoms with Crippen LogP contribution in [0.3, 0.4) is 0 Å². The highest BCUT2D eigenvalue weighted by Gasteiger charge is 2.41. The summed E-state index contributed by atoms with van der Waals surface area (Å²) in [6, 6.07) is 22.2. The topological polar surface area (TPSA) is 52.5 Å². The van der Waals surface area contributed by atoms with E-state index in [4.69, 9.17) is 24.0 Å². The maximum atomic E-state index is 6.48. The van der Waals surface area contributed by atoms with E-state index in [-0.39, 0.29) is 12.3 Å². The second kappa shape index (κ2) is 8.46. The molecule has 6 heteroatoms. The number of rotatable bonds is 6. The molecule has 3 aromatic rings. The number of methoxy groups -OCH3 is 2. The van der Waals surface area contributed by atoms with Gasteiger partial charge in [-0.15, -0.1) is 0 Å². The van der Waals surface area contributed by atoms with Crippen LogP contribution in [0.15, 0.2) is 71.8 Å². The van der Waals surface area contributed by atoms with Crippen LogP contribution < -0.4 is 18.9 Å². The van der Waals surface area contributed by atoms with Crippen LogP contribution in [0.1, 0.15) is 42.3 Å². The normalized spacial score (nSPS) is 18.8.